The molecule has 0 saturated carbocycles. The average molecular weight is 365 g/mol. The number of alkyl carbamates (subject to hydrolysis) is 1. The summed E-state index contributed by atoms with van der Waals surface area (Å²) < 4.78 is 6.51. The maximum atomic E-state index is 11.9. The van der Waals surface area contributed by atoms with Crippen LogP contribution in [-0.4, -0.2) is 22.2 Å². The summed E-state index contributed by atoms with van der Waals surface area (Å²) in [6.07, 6.45) is 1.53. The van der Waals surface area contributed by atoms with E-state index in [4.69, 9.17) is 4.74 Å². The average Bonchev–Trinajstić information content (AvgIpc) is 2.67. The molecule has 0 aliphatic heterocycles. The smallest absolute Gasteiger partial charge is 0.407 e. The summed E-state index contributed by atoms with van der Waals surface area (Å²) in [7, 11) is 0. The minimum atomic E-state index is -0.498. The number of carbonyl (C=O) groups is 1. The van der Waals surface area contributed by atoms with Gasteiger partial charge in [0.25, 0.3) is 5.56 Å². The Balaban J connectivity index is 1.53. The molecule has 0 saturated heterocycles. The van der Waals surface area contributed by atoms with Crippen molar-refractivity contribution in [2.45, 2.75) is 13.0 Å². The van der Waals surface area contributed by atoms with E-state index in [0.717, 1.165) is 11.1 Å². The summed E-state index contributed by atoms with van der Waals surface area (Å²) in [4.78, 5) is 37.0. The molecule has 0 radical (unpaired) electrons. The van der Waals surface area contributed by atoms with Gasteiger partial charge >= 0.3 is 11.8 Å². The quantitative estimate of drug-likeness (QED) is 0.699. The number of rotatable bonds is 6. The van der Waals surface area contributed by atoms with Gasteiger partial charge in [-0.2, -0.15) is 0 Å². The summed E-state index contributed by atoms with van der Waals surface area (Å²) in [5.41, 5.74) is 1.56. The molecule has 3 rings (SSSR count). The van der Waals surface area contributed by atoms with Gasteiger partial charge in [-0.15, -0.1) is 0 Å². The van der Waals surface area contributed by atoms with E-state index in [0.29, 0.717) is 18.7 Å². The zero-order chi connectivity index (χ0) is 19.1. The van der Waals surface area contributed by atoms with Crippen molar-refractivity contribution in [1.82, 2.24) is 14.9 Å². The van der Waals surface area contributed by atoms with E-state index in [-0.39, 0.29) is 6.61 Å². The topological polar surface area (TPSA) is 93.2 Å². The van der Waals surface area contributed by atoms with Crippen LogP contribution < -0.4 is 16.6 Å². The molecule has 0 spiro atoms. The first-order valence-corrected chi connectivity index (χ1v) is 8.48. The van der Waals surface area contributed by atoms with Crippen LogP contribution >= 0.6 is 0 Å². The SMILES string of the molecule is O=C(NCCc1cccc(-n2ccc(=O)[nH]c2=O)c1)OCc1ccccc1. The fourth-order valence-corrected chi connectivity index (χ4v) is 2.57. The minimum Gasteiger partial charge on any atom is -0.445 e. The van der Waals surface area contributed by atoms with Crippen molar-refractivity contribution in [3.63, 3.8) is 0 Å². The van der Waals surface area contributed by atoms with Crippen LogP contribution in [0, 0.1) is 0 Å². The maximum absolute atomic E-state index is 11.9. The van der Waals surface area contributed by atoms with Crippen molar-refractivity contribution in [2.24, 2.45) is 0 Å². The van der Waals surface area contributed by atoms with Crippen molar-refractivity contribution in [3.05, 3.63) is 98.8 Å². The van der Waals surface area contributed by atoms with Gasteiger partial charge in [-0.25, -0.2) is 9.59 Å². The Morgan fingerprint density at radius 2 is 1.78 bits per heavy atom. The number of nitrogens with one attached hydrogen (secondary N) is 2. The molecular weight excluding hydrogens is 346 g/mol. The van der Waals surface area contributed by atoms with Crippen molar-refractivity contribution < 1.29 is 9.53 Å². The Bertz CT molecular complexity index is 1020. The molecule has 0 atom stereocenters. The second kappa shape index (κ2) is 8.66. The highest BCUT2D eigenvalue weighted by Gasteiger charge is 2.04. The number of ether oxygens (including phenoxy) is 1. The van der Waals surface area contributed by atoms with Crippen LogP contribution in [0.1, 0.15) is 11.1 Å². The third kappa shape index (κ3) is 5.18. The van der Waals surface area contributed by atoms with E-state index in [1.807, 2.05) is 48.5 Å². The molecule has 27 heavy (non-hydrogen) atoms. The van der Waals surface area contributed by atoms with Gasteiger partial charge in [0.05, 0.1) is 5.69 Å². The third-order valence-electron chi connectivity index (χ3n) is 3.91. The summed E-state index contributed by atoms with van der Waals surface area (Å²) >= 11 is 0. The Morgan fingerprint density at radius 1 is 1.00 bits per heavy atom. The number of hydrogen-bond donors (Lipinski definition) is 2. The molecule has 1 aromatic heterocycles. The number of nitrogens with zero attached hydrogens (tertiary/aromatic N) is 1. The van der Waals surface area contributed by atoms with Gasteiger partial charge < -0.3 is 10.1 Å². The van der Waals surface area contributed by atoms with Crippen LogP contribution in [-0.2, 0) is 17.8 Å². The lowest BCUT2D eigenvalue weighted by atomic mass is 10.1. The lowest BCUT2D eigenvalue weighted by molar-refractivity contribution is 0.140. The van der Waals surface area contributed by atoms with Gasteiger partial charge in [-0.05, 0) is 29.7 Å². The van der Waals surface area contributed by atoms with Crippen LogP contribution in [0.4, 0.5) is 4.79 Å². The van der Waals surface area contributed by atoms with Crippen LogP contribution in [0.15, 0.2) is 76.4 Å². The predicted molar refractivity (Wildman–Crippen MR) is 101 cm³/mol. The number of aromatic nitrogens is 2. The molecule has 7 heteroatoms. The fourth-order valence-electron chi connectivity index (χ4n) is 2.57. The molecule has 1 heterocycles. The van der Waals surface area contributed by atoms with E-state index >= 15 is 0 Å². The number of aromatic amines is 1. The predicted octanol–water partition coefficient (Wildman–Crippen LogP) is 1.99. The number of carbonyl (C=O) groups excluding carboxylic acids is 1. The van der Waals surface area contributed by atoms with Crippen molar-refractivity contribution >= 4 is 6.09 Å². The van der Waals surface area contributed by atoms with E-state index in [1.165, 1.54) is 16.8 Å². The molecular formula is C20H19N3O4. The van der Waals surface area contributed by atoms with Crippen LogP contribution in [0.25, 0.3) is 5.69 Å². The first-order chi connectivity index (χ1) is 13.1. The molecule has 138 valence electrons. The number of amides is 1. The molecule has 0 aliphatic carbocycles. The molecule has 0 aliphatic rings. The molecule has 0 bridgehead atoms. The molecule has 0 unspecified atom stereocenters. The summed E-state index contributed by atoms with van der Waals surface area (Å²) in [5.74, 6) is 0. The Labute approximate surface area is 155 Å². The Hall–Kier alpha value is -3.61. The fraction of sp³-hybridized carbons (Fsp3) is 0.150. The molecule has 3 aromatic rings. The minimum absolute atomic E-state index is 0.220. The Kier molecular flexibility index (Phi) is 5.84. The third-order valence-corrected chi connectivity index (χ3v) is 3.91. The summed E-state index contributed by atoms with van der Waals surface area (Å²) in [6.45, 7) is 0.620. The summed E-state index contributed by atoms with van der Waals surface area (Å²) in [6, 6.07) is 18.1. The van der Waals surface area contributed by atoms with Crippen molar-refractivity contribution in [1.29, 1.82) is 0 Å². The molecule has 2 aromatic carbocycles. The lowest BCUT2D eigenvalue weighted by Crippen LogP contribution is -2.27. The Morgan fingerprint density at radius 3 is 2.56 bits per heavy atom. The normalized spacial score (nSPS) is 10.4. The first-order valence-electron chi connectivity index (χ1n) is 8.48. The monoisotopic (exact) mass is 365 g/mol. The molecule has 1 amide bonds. The largest absolute Gasteiger partial charge is 0.445 e. The van der Waals surface area contributed by atoms with Gasteiger partial charge in [0.2, 0.25) is 0 Å². The standard InChI is InChI=1S/C20H19N3O4/c24-18-10-12-23(19(25)22-18)17-8-4-7-15(13-17)9-11-21-20(26)27-14-16-5-2-1-3-6-16/h1-8,10,12-13H,9,11,14H2,(H,21,26)(H,22,24,25). The van der Waals surface area contributed by atoms with Gasteiger partial charge in [0, 0.05) is 18.8 Å². The van der Waals surface area contributed by atoms with Crippen molar-refractivity contribution in [3.8, 4) is 5.69 Å². The highest BCUT2D eigenvalue weighted by Crippen LogP contribution is 2.09. The van der Waals surface area contributed by atoms with Gasteiger partial charge in [0.15, 0.2) is 0 Å². The van der Waals surface area contributed by atoms with Gasteiger partial charge in [-0.1, -0.05) is 42.5 Å². The van der Waals surface area contributed by atoms with Crippen LogP contribution in [0.2, 0.25) is 0 Å². The molecule has 0 fully saturated rings. The van der Waals surface area contributed by atoms with E-state index in [2.05, 4.69) is 10.3 Å². The van der Waals surface area contributed by atoms with E-state index in [9.17, 15) is 14.4 Å². The van der Waals surface area contributed by atoms with E-state index < -0.39 is 17.3 Å². The second-order valence-electron chi connectivity index (χ2n) is 5.89. The highest BCUT2D eigenvalue weighted by molar-refractivity contribution is 5.67. The van der Waals surface area contributed by atoms with Crippen LogP contribution in [0.3, 0.4) is 0 Å². The number of benzene rings is 2. The lowest BCUT2D eigenvalue weighted by Gasteiger charge is -2.09. The van der Waals surface area contributed by atoms with Crippen LogP contribution in [0.5, 0.6) is 0 Å². The zero-order valence-corrected chi connectivity index (χ0v) is 14.6. The van der Waals surface area contributed by atoms with Gasteiger partial charge in [-0.3, -0.25) is 14.3 Å². The first kappa shape index (κ1) is 18.2. The molecule has 2 N–H and O–H groups in total. The van der Waals surface area contributed by atoms with Crippen molar-refractivity contribution in [2.75, 3.05) is 6.54 Å². The van der Waals surface area contributed by atoms with Gasteiger partial charge in [0.1, 0.15) is 6.61 Å². The summed E-state index contributed by atoms with van der Waals surface area (Å²) in [5, 5.41) is 2.70. The number of hydrogen-bond acceptors (Lipinski definition) is 4. The van der Waals surface area contributed by atoms with E-state index in [1.54, 1.807) is 6.07 Å². The zero-order valence-electron chi connectivity index (χ0n) is 14.6. The molecule has 7 nitrogen and oxygen atoms in total. The second-order valence-corrected chi connectivity index (χ2v) is 5.89. The highest BCUT2D eigenvalue weighted by atomic mass is 16.5. The maximum Gasteiger partial charge on any atom is 0.407 e. The number of H-pyrrole nitrogens is 1.